The molecule has 1 atom stereocenters. The highest BCUT2D eigenvalue weighted by Gasteiger charge is 2.43. The monoisotopic (exact) mass is 385 g/mol. The number of hydrogen-bond acceptors (Lipinski definition) is 3. The second kappa shape index (κ2) is 8.42. The number of hydrogen-bond donors (Lipinski definition) is 2. The maximum atomic E-state index is 13.2. The average Bonchev–Trinajstić information content (AvgIpc) is 3.20. The van der Waals surface area contributed by atoms with Gasteiger partial charge in [0.25, 0.3) is 0 Å². The fourth-order valence-electron chi connectivity index (χ4n) is 3.95. The minimum atomic E-state index is -1.06. The van der Waals surface area contributed by atoms with Crippen molar-refractivity contribution in [3.63, 3.8) is 0 Å². The van der Waals surface area contributed by atoms with Crippen molar-refractivity contribution in [2.45, 2.75) is 37.0 Å². The Labute approximate surface area is 163 Å². The second-order valence-electron chi connectivity index (χ2n) is 7.17. The first kappa shape index (κ1) is 19.9. The lowest BCUT2D eigenvalue weighted by Crippen LogP contribution is -2.44. The van der Waals surface area contributed by atoms with Crippen molar-refractivity contribution in [2.75, 3.05) is 13.7 Å². The van der Waals surface area contributed by atoms with Gasteiger partial charge in [0.05, 0.1) is 18.4 Å². The summed E-state index contributed by atoms with van der Waals surface area (Å²) in [5.74, 6) is -1.92. The van der Waals surface area contributed by atoms with Crippen LogP contribution in [-0.2, 0) is 15.0 Å². The number of halogens is 1. The SMILES string of the molecule is COc1cccc(C2(C(=O)NCC(C(=O)O)c3ccc(F)cc3)CCCC2)c1. The summed E-state index contributed by atoms with van der Waals surface area (Å²) in [7, 11) is 1.58. The molecule has 1 aliphatic carbocycles. The van der Waals surface area contributed by atoms with Crippen LogP contribution in [0.15, 0.2) is 48.5 Å². The van der Waals surface area contributed by atoms with Crippen LogP contribution >= 0.6 is 0 Å². The van der Waals surface area contributed by atoms with Gasteiger partial charge in [-0.25, -0.2) is 4.39 Å². The number of carboxylic acid groups (broad SMARTS) is 1. The van der Waals surface area contributed by atoms with Crippen LogP contribution in [0.2, 0.25) is 0 Å². The minimum absolute atomic E-state index is 0.0501. The topological polar surface area (TPSA) is 75.6 Å². The van der Waals surface area contributed by atoms with Crippen LogP contribution in [0, 0.1) is 5.82 Å². The minimum Gasteiger partial charge on any atom is -0.497 e. The Kier molecular flexibility index (Phi) is 5.97. The van der Waals surface area contributed by atoms with Crippen LogP contribution in [0.25, 0.3) is 0 Å². The maximum absolute atomic E-state index is 13.2. The Hall–Kier alpha value is -2.89. The molecule has 1 saturated carbocycles. The van der Waals surface area contributed by atoms with Gasteiger partial charge >= 0.3 is 5.97 Å². The third-order valence-electron chi connectivity index (χ3n) is 5.55. The Balaban J connectivity index is 1.80. The fraction of sp³-hybridized carbons (Fsp3) is 0.364. The van der Waals surface area contributed by atoms with E-state index in [1.54, 1.807) is 7.11 Å². The van der Waals surface area contributed by atoms with E-state index in [4.69, 9.17) is 4.74 Å². The zero-order valence-electron chi connectivity index (χ0n) is 15.8. The first-order chi connectivity index (χ1) is 13.5. The molecule has 0 aromatic heterocycles. The summed E-state index contributed by atoms with van der Waals surface area (Å²) in [5.41, 5.74) is 0.659. The number of methoxy groups -OCH3 is 1. The lowest BCUT2D eigenvalue weighted by molar-refractivity contribution is -0.138. The molecule has 0 spiro atoms. The van der Waals surface area contributed by atoms with Gasteiger partial charge in [0.2, 0.25) is 5.91 Å². The molecule has 1 aliphatic rings. The van der Waals surface area contributed by atoms with Crippen molar-refractivity contribution in [1.82, 2.24) is 5.32 Å². The van der Waals surface area contributed by atoms with E-state index in [9.17, 15) is 19.1 Å². The van der Waals surface area contributed by atoms with Gasteiger partial charge in [-0.1, -0.05) is 37.1 Å². The Morgan fingerprint density at radius 3 is 2.46 bits per heavy atom. The summed E-state index contributed by atoms with van der Waals surface area (Å²) in [6, 6.07) is 12.8. The van der Waals surface area contributed by atoms with E-state index in [1.165, 1.54) is 24.3 Å². The number of amides is 1. The van der Waals surface area contributed by atoms with Crippen molar-refractivity contribution < 1.29 is 23.8 Å². The van der Waals surface area contributed by atoms with E-state index in [-0.39, 0.29) is 12.5 Å². The van der Waals surface area contributed by atoms with Crippen LogP contribution in [0.3, 0.4) is 0 Å². The number of nitrogens with one attached hydrogen (secondary N) is 1. The van der Waals surface area contributed by atoms with Crippen LogP contribution in [0.1, 0.15) is 42.7 Å². The first-order valence-electron chi connectivity index (χ1n) is 9.37. The Bertz CT molecular complexity index is 844. The highest BCUT2D eigenvalue weighted by atomic mass is 19.1. The molecule has 5 nitrogen and oxygen atoms in total. The van der Waals surface area contributed by atoms with E-state index < -0.39 is 23.1 Å². The molecule has 0 heterocycles. The number of aliphatic carboxylic acids is 1. The van der Waals surface area contributed by atoms with E-state index >= 15 is 0 Å². The fourth-order valence-corrected chi connectivity index (χ4v) is 3.95. The molecule has 3 rings (SSSR count). The summed E-state index contributed by atoms with van der Waals surface area (Å²) >= 11 is 0. The zero-order valence-corrected chi connectivity index (χ0v) is 15.8. The molecule has 0 radical (unpaired) electrons. The van der Waals surface area contributed by atoms with Gasteiger partial charge in [-0.2, -0.15) is 0 Å². The molecular weight excluding hydrogens is 361 g/mol. The molecule has 148 valence electrons. The van der Waals surface area contributed by atoms with Crippen molar-refractivity contribution in [2.24, 2.45) is 0 Å². The quantitative estimate of drug-likeness (QED) is 0.763. The van der Waals surface area contributed by atoms with Gasteiger partial charge in [0, 0.05) is 6.54 Å². The lowest BCUT2D eigenvalue weighted by atomic mass is 9.77. The van der Waals surface area contributed by atoms with Crippen LogP contribution in [0.5, 0.6) is 5.75 Å². The van der Waals surface area contributed by atoms with Crippen molar-refractivity contribution in [3.8, 4) is 5.75 Å². The molecule has 2 aromatic carbocycles. The maximum Gasteiger partial charge on any atom is 0.312 e. The lowest BCUT2D eigenvalue weighted by Gasteiger charge is -2.29. The average molecular weight is 385 g/mol. The molecular formula is C22H24FNO4. The molecule has 6 heteroatoms. The summed E-state index contributed by atoms with van der Waals surface area (Å²) in [6.45, 7) is -0.0501. The van der Waals surface area contributed by atoms with Gasteiger partial charge in [-0.15, -0.1) is 0 Å². The van der Waals surface area contributed by atoms with Gasteiger partial charge in [0.15, 0.2) is 0 Å². The third-order valence-corrected chi connectivity index (χ3v) is 5.55. The number of benzene rings is 2. The standard InChI is InChI=1S/C22H24FNO4/c1-28-18-6-4-5-16(13-18)22(11-2-3-12-22)21(27)24-14-19(20(25)26)15-7-9-17(23)10-8-15/h4-10,13,19H,2-3,11-12,14H2,1H3,(H,24,27)(H,25,26). The molecule has 28 heavy (non-hydrogen) atoms. The van der Waals surface area contributed by atoms with Crippen molar-refractivity contribution in [3.05, 3.63) is 65.5 Å². The largest absolute Gasteiger partial charge is 0.497 e. The van der Waals surface area contributed by atoms with Gasteiger partial charge < -0.3 is 15.2 Å². The normalized spacial score (nSPS) is 16.4. The first-order valence-corrected chi connectivity index (χ1v) is 9.37. The highest BCUT2D eigenvalue weighted by molar-refractivity contribution is 5.89. The summed E-state index contributed by atoms with van der Waals surface area (Å²) in [4.78, 5) is 24.9. The number of carbonyl (C=O) groups is 2. The van der Waals surface area contributed by atoms with E-state index in [1.807, 2.05) is 24.3 Å². The van der Waals surface area contributed by atoms with Crippen LogP contribution < -0.4 is 10.1 Å². The number of ether oxygens (including phenoxy) is 1. The molecule has 0 aliphatic heterocycles. The molecule has 2 aromatic rings. The summed E-state index contributed by atoms with van der Waals surface area (Å²) < 4.78 is 18.4. The number of carbonyl (C=O) groups excluding carboxylic acids is 1. The van der Waals surface area contributed by atoms with Gasteiger partial charge in [-0.3, -0.25) is 9.59 Å². The molecule has 1 amide bonds. The smallest absolute Gasteiger partial charge is 0.312 e. The highest BCUT2D eigenvalue weighted by Crippen LogP contribution is 2.42. The van der Waals surface area contributed by atoms with Gasteiger partial charge in [-0.05, 0) is 48.2 Å². The molecule has 2 N–H and O–H groups in total. The summed E-state index contributed by atoms with van der Waals surface area (Å²) in [5, 5.41) is 12.4. The predicted molar refractivity (Wildman–Crippen MR) is 103 cm³/mol. The van der Waals surface area contributed by atoms with E-state index in [0.29, 0.717) is 24.2 Å². The van der Waals surface area contributed by atoms with Crippen LogP contribution in [-0.4, -0.2) is 30.6 Å². The zero-order chi connectivity index (χ0) is 20.1. The number of carboxylic acids is 1. The van der Waals surface area contributed by atoms with Crippen molar-refractivity contribution in [1.29, 1.82) is 0 Å². The van der Waals surface area contributed by atoms with E-state index in [0.717, 1.165) is 18.4 Å². The van der Waals surface area contributed by atoms with E-state index in [2.05, 4.69) is 5.32 Å². The van der Waals surface area contributed by atoms with Crippen LogP contribution in [0.4, 0.5) is 4.39 Å². The third kappa shape index (κ3) is 4.01. The Morgan fingerprint density at radius 1 is 1.18 bits per heavy atom. The van der Waals surface area contributed by atoms with Crippen molar-refractivity contribution >= 4 is 11.9 Å². The molecule has 1 fully saturated rings. The molecule has 0 saturated heterocycles. The molecule has 1 unspecified atom stereocenters. The number of rotatable bonds is 7. The molecule has 0 bridgehead atoms. The van der Waals surface area contributed by atoms with Gasteiger partial charge in [0.1, 0.15) is 11.6 Å². The second-order valence-corrected chi connectivity index (χ2v) is 7.17. The Morgan fingerprint density at radius 2 is 1.86 bits per heavy atom. The predicted octanol–water partition coefficient (Wildman–Crippen LogP) is 3.63. The summed E-state index contributed by atoms with van der Waals surface area (Å²) in [6.07, 6.45) is 3.29.